The third-order valence-corrected chi connectivity index (χ3v) is 4.23. The number of hydrogen-bond acceptors (Lipinski definition) is 3. The molecule has 5 heteroatoms. The number of fused-ring (bicyclic) bond motifs is 1. The molecular formula is C19H21ClN2O2. The molecule has 0 atom stereocenters. The summed E-state index contributed by atoms with van der Waals surface area (Å²) in [5, 5.41) is 7.03. The molecule has 1 aliphatic rings. The Bertz CT molecular complexity index is 701. The summed E-state index contributed by atoms with van der Waals surface area (Å²) in [7, 11) is 0. The van der Waals surface area contributed by atoms with E-state index in [2.05, 4.69) is 10.6 Å². The number of carbonyl (C=O) groups excluding carboxylic acids is 1. The monoisotopic (exact) mass is 344 g/mol. The van der Waals surface area contributed by atoms with Crippen LogP contribution in [0, 0.1) is 0 Å². The zero-order chi connectivity index (χ0) is 16.8. The molecule has 3 rings (SSSR count). The number of anilines is 1. The Kier molecular flexibility index (Phi) is 5.72. The van der Waals surface area contributed by atoms with Gasteiger partial charge in [-0.1, -0.05) is 23.7 Å². The first-order chi connectivity index (χ1) is 11.7. The van der Waals surface area contributed by atoms with Gasteiger partial charge in [0.25, 0.3) is 0 Å². The van der Waals surface area contributed by atoms with Crippen molar-refractivity contribution in [3.63, 3.8) is 0 Å². The molecule has 0 aliphatic carbocycles. The number of hydrogen-bond donors (Lipinski definition) is 2. The Morgan fingerprint density at radius 2 is 1.96 bits per heavy atom. The summed E-state index contributed by atoms with van der Waals surface area (Å²) in [6.45, 7) is 2.39. The SMILES string of the molecule is O=C1CCc2cc(OCCCNCc3ccc(Cl)cc3)ccc2N1. The summed E-state index contributed by atoms with van der Waals surface area (Å²) < 4.78 is 5.80. The number of nitrogens with one attached hydrogen (secondary N) is 2. The third kappa shape index (κ3) is 4.73. The molecule has 2 aromatic rings. The van der Waals surface area contributed by atoms with Crippen molar-refractivity contribution in [3.8, 4) is 5.75 Å². The second kappa shape index (κ2) is 8.18. The largest absolute Gasteiger partial charge is 0.494 e. The van der Waals surface area contributed by atoms with Crippen LogP contribution in [-0.4, -0.2) is 19.1 Å². The van der Waals surface area contributed by atoms with Gasteiger partial charge in [-0.25, -0.2) is 0 Å². The van der Waals surface area contributed by atoms with E-state index < -0.39 is 0 Å². The van der Waals surface area contributed by atoms with Gasteiger partial charge in [-0.05, 0) is 60.8 Å². The second-order valence-electron chi connectivity index (χ2n) is 5.87. The molecule has 0 saturated carbocycles. The number of ether oxygens (including phenoxy) is 1. The zero-order valence-corrected chi connectivity index (χ0v) is 14.2. The van der Waals surface area contributed by atoms with Crippen LogP contribution in [0.4, 0.5) is 5.69 Å². The van der Waals surface area contributed by atoms with E-state index in [-0.39, 0.29) is 5.91 Å². The predicted molar refractivity (Wildman–Crippen MR) is 96.7 cm³/mol. The Labute approximate surface area is 147 Å². The van der Waals surface area contributed by atoms with Crippen LogP contribution in [0.5, 0.6) is 5.75 Å². The molecular weight excluding hydrogens is 324 g/mol. The van der Waals surface area contributed by atoms with E-state index in [0.29, 0.717) is 13.0 Å². The summed E-state index contributed by atoms with van der Waals surface area (Å²) in [5.41, 5.74) is 3.27. The lowest BCUT2D eigenvalue weighted by Crippen LogP contribution is -2.19. The van der Waals surface area contributed by atoms with Crippen molar-refractivity contribution in [1.29, 1.82) is 0 Å². The zero-order valence-electron chi connectivity index (χ0n) is 13.5. The van der Waals surface area contributed by atoms with Crippen molar-refractivity contribution in [2.45, 2.75) is 25.8 Å². The van der Waals surface area contributed by atoms with Gasteiger partial charge in [0.1, 0.15) is 5.75 Å². The molecule has 1 aliphatic heterocycles. The fourth-order valence-electron chi connectivity index (χ4n) is 2.67. The van der Waals surface area contributed by atoms with Crippen molar-refractivity contribution in [1.82, 2.24) is 5.32 Å². The average molecular weight is 345 g/mol. The highest BCUT2D eigenvalue weighted by Gasteiger charge is 2.14. The maximum absolute atomic E-state index is 11.3. The van der Waals surface area contributed by atoms with Crippen LogP contribution in [0.15, 0.2) is 42.5 Å². The minimum atomic E-state index is 0.0860. The van der Waals surface area contributed by atoms with Gasteiger partial charge >= 0.3 is 0 Å². The molecule has 0 bridgehead atoms. The molecule has 4 nitrogen and oxygen atoms in total. The highest BCUT2D eigenvalue weighted by molar-refractivity contribution is 6.30. The lowest BCUT2D eigenvalue weighted by molar-refractivity contribution is -0.116. The van der Waals surface area contributed by atoms with Gasteiger partial charge in [-0.2, -0.15) is 0 Å². The van der Waals surface area contributed by atoms with Crippen LogP contribution in [-0.2, 0) is 17.8 Å². The van der Waals surface area contributed by atoms with E-state index in [1.165, 1.54) is 5.56 Å². The summed E-state index contributed by atoms with van der Waals surface area (Å²) in [6.07, 6.45) is 2.26. The second-order valence-corrected chi connectivity index (χ2v) is 6.31. The normalized spacial score (nSPS) is 13.3. The topological polar surface area (TPSA) is 50.4 Å². The molecule has 0 fully saturated rings. The van der Waals surface area contributed by atoms with Crippen molar-refractivity contribution >= 4 is 23.2 Å². The summed E-state index contributed by atoms with van der Waals surface area (Å²) in [4.78, 5) is 11.3. The van der Waals surface area contributed by atoms with Gasteiger partial charge in [0.2, 0.25) is 5.91 Å². The van der Waals surface area contributed by atoms with Crippen LogP contribution in [0.2, 0.25) is 5.02 Å². The highest BCUT2D eigenvalue weighted by Crippen LogP contribution is 2.26. The first kappa shape index (κ1) is 16.8. The van der Waals surface area contributed by atoms with Crippen LogP contribution in [0.3, 0.4) is 0 Å². The van der Waals surface area contributed by atoms with Crippen molar-refractivity contribution in [3.05, 3.63) is 58.6 Å². The number of amides is 1. The van der Waals surface area contributed by atoms with E-state index in [4.69, 9.17) is 16.3 Å². The van der Waals surface area contributed by atoms with Crippen LogP contribution >= 0.6 is 11.6 Å². The molecule has 1 amide bonds. The molecule has 0 aromatic heterocycles. The van der Waals surface area contributed by atoms with Gasteiger partial charge in [0.05, 0.1) is 6.61 Å². The predicted octanol–water partition coefficient (Wildman–Crippen LogP) is 3.78. The van der Waals surface area contributed by atoms with Crippen LogP contribution in [0.1, 0.15) is 24.0 Å². The highest BCUT2D eigenvalue weighted by atomic mass is 35.5. The number of carbonyl (C=O) groups is 1. The Morgan fingerprint density at radius 3 is 2.79 bits per heavy atom. The third-order valence-electron chi connectivity index (χ3n) is 3.98. The van der Waals surface area contributed by atoms with Gasteiger partial charge in [-0.15, -0.1) is 0 Å². The molecule has 2 aromatic carbocycles. The molecule has 0 spiro atoms. The minimum absolute atomic E-state index is 0.0860. The van der Waals surface area contributed by atoms with E-state index in [1.807, 2.05) is 42.5 Å². The Balaban J connectivity index is 1.36. The number of aryl methyl sites for hydroxylation is 1. The molecule has 0 unspecified atom stereocenters. The minimum Gasteiger partial charge on any atom is -0.494 e. The number of halogens is 1. The number of rotatable bonds is 7. The van der Waals surface area contributed by atoms with E-state index >= 15 is 0 Å². The Morgan fingerprint density at radius 1 is 1.12 bits per heavy atom. The van der Waals surface area contributed by atoms with Gasteiger partial charge in [-0.3, -0.25) is 4.79 Å². The lowest BCUT2D eigenvalue weighted by Gasteiger charge is -2.17. The molecule has 0 radical (unpaired) electrons. The number of benzene rings is 2. The van der Waals surface area contributed by atoms with Crippen LogP contribution in [0.25, 0.3) is 0 Å². The van der Waals surface area contributed by atoms with Gasteiger partial charge in [0.15, 0.2) is 0 Å². The fraction of sp³-hybridized carbons (Fsp3) is 0.316. The van der Waals surface area contributed by atoms with Gasteiger partial charge in [0, 0.05) is 23.7 Å². The van der Waals surface area contributed by atoms with Crippen molar-refractivity contribution < 1.29 is 9.53 Å². The quantitative estimate of drug-likeness (QED) is 0.751. The summed E-state index contributed by atoms with van der Waals surface area (Å²) in [6, 6.07) is 13.7. The summed E-state index contributed by atoms with van der Waals surface area (Å²) >= 11 is 5.87. The standard InChI is InChI=1S/C19H21ClN2O2/c20-16-5-2-14(3-6-16)13-21-10-1-11-24-17-7-8-18-15(12-17)4-9-19(23)22-18/h2-3,5-8,12,21H,1,4,9-11,13H2,(H,22,23). The van der Waals surface area contributed by atoms with E-state index in [1.54, 1.807) is 0 Å². The maximum Gasteiger partial charge on any atom is 0.224 e. The molecule has 126 valence electrons. The summed E-state index contributed by atoms with van der Waals surface area (Å²) in [5.74, 6) is 0.950. The smallest absolute Gasteiger partial charge is 0.224 e. The van der Waals surface area contributed by atoms with Crippen molar-refractivity contribution in [2.24, 2.45) is 0 Å². The Hall–Kier alpha value is -2.04. The van der Waals surface area contributed by atoms with Gasteiger partial charge < -0.3 is 15.4 Å². The van der Waals surface area contributed by atoms with Crippen molar-refractivity contribution in [2.75, 3.05) is 18.5 Å². The molecule has 24 heavy (non-hydrogen) atoms. The first-order valence-corrected chi connectivity index (χ1v) is 8.59. The fourth-order valence-corrected chi connectivity index (χ4v) is 2.80. The lowest BCUT2D eigenvalue weighted by atomic mass is 10.0. The van der Waals surface area contributed by atoms with Crippen LogP contribution < -0.4 is 15.4 Å². The van der Waals surface area contributed by atoms with E-state index in [0.717, 1.165) is 48.0 Å². The average Bonchev–Trinajstić information content (AvgIpc) is 2.59. The first-order valence-electron chi connectivity index (χ1n) is 8.21. The van der Waals surface area contributed by atoms with E-state index in [9.17, 15) is 4.79 Å². The molecule has 1 heterocycles. The molecule has 0 saturated heterocycles. The maximum atomic E-state index is 11.3. The molecule has 2 N–H and O–H groups in total.